The maximum absolute atomic E-state index is 12.2. The number of urea groups is 1. The molecule has 3 aromatic rings. The first-order valence-corrected chi connectivity index (χ1v) is 7.55. The zero-order valence-electron chi connectivity index (χ0n) is 13.1. The van der Waals surface area contributed by atoms with Crippen LogP contribution in [-0.2, 0) is 0 Å². The van der Waals surface area contributed by atoms with Gasteiger partial charge in [-0.3, -0.25) is 4.98 Å². The maximum Gasteiger partial charge on any atom is 0.319 e. The summed E-state index contributed by atoms with van der Waals surface area (Å²) in [5, 5.41) is 9.83. The lowest BCUT2D eigenvalue weighted by Gasteiger charge is -2.17. The van der Waals surface area contributed by atoms with E-state index in [0.29, 0.717) is 11.6 Å². The van der Waals surface area contributed by atoms with E-state index in [1.807, 2.05) is 19.1 Å². The van der Waals surface area contributed by atoms with Crippen LogP contribution in [0.5, 0.6) is 0 Å². The number of carbonyl (C=O) groups excluding carboxylic acids is 1. The molecule has 2 amide bonds. The highest BCUT2D eigenvalue weighted by molar-refractivity contribution is 5.89. The Hall–Kier alpha value is -3.29. The van der Waals surface area contributed by atoms with Crippen molar-refractivity contribution in [1.29, 1.82) is 0 Å². The number of amides is 2. The summed E-state index contributed by atoms with van der Waals surface area (Å²) in [6, 6.07) is 5.12. The van der Waals surface area contributed by atoms with E-state index < -0.39 is 0 Å². The van der Waals surface area contributed by atoms with Crippen LogP contribution < -0.4 is 10.6 Å². The average molecular weight is 323 g/mol. The van der Waals surface area contributed by atoms with Crippen molar-refractivity contribution < 1.29 is 4.79 Å². The topological polar surface area (TPSA) is 97.6 Å². The maximum atomic E-state index is 12.2. The summed E-state index contributed by atoms with van der Waals surface area (Å²) in [6.45, 7) is 2.01. The van der Waals surface area contributed by atoms with Crippen LogP contribution in [0.2, 0.25) is 0 Å². The van der Waals surface area contributed by atoms with Crippen LogP contribution in [-0.4, -0.2) is 30.8 Å². The second-order valence-electron chi connectivity index (χ2n) is 5.06. The number of anilines is 1. The summed E-state index contributed by atoms with van der Waals surface area (Å²) in [6.07, 6.45) is 10.7. The van der Waals surface area contributed by atoms with Crippen LogP contribution >= 0.6 is 0 Å². The van der Waals surface area contributed by atoms with Gasteiger partial charge in [-0.1, -0.05) is 6.92 Å². The molecular formula is C16H17N7O. The lowest BCUT2D eigenvalue weighted by atomic mass is 10.1. The number of hydrogen-bond acceptors (Lipinski definition) is 5. The van der Waals surface area contributed by atoms with Crippen molar-refractivity contribution in [2.75, 3.05) is 5.32 Å². The second-order valence-corrected chi connectivity index (χ2v) is 5.06. The van der Waals surface area contributed by atoms with Gasteiger partial charge in [-0.2, -0.15) is 5.10 Å². The van der Waals surface area contributed by atoms with Crippen LogP contribution in [0.25, 0.3) is 5.95 Å². The van der Waals surface area contributed by atoms with Crippen LogP contribution in [0.3, 0.4) is 0 Å². The molecule has 0 radical (unpaired) electrons. The Bertz CT molecular complexity index is 788. The number of rotatable bonds is 5. The van der Waals surface area contributed by atoms with Gasteiger partial charge < -0.3 is 10.6 Å². The van der Waals surface area contributed by atoms with Gasteiger partial charge in [-0.25, -0.2) is 19.4 Å². The fraction of sp³-hybridized carbons (Fsp3) is 0.188. The van der Waals surface area contributed by atoms with E-state index in [0.717, 1.165) is 12.0 Å². The minimum Gasteiger partial charge on any atom is -0.331 e. The van der Waals surface area contributed by atoms with E-state index in [9.17, 15) is 4.79 Å². The van der Waals surface area contributed by atoms with Gasteiger partial charge in [0.25, 0.3) is 0 Å². The molecule has 0 spiro atoms. The Morgan fingerprint density at radius 2 is 1.96 bits per heavy atom. The summed E-state index contributed by atoms with van der Waals surface area (Å²) < 4.78 is 1.50. The van der Waals surface area contributed by atoms with Crippen molar-refractivity contribution in [2.24, 2.45) is 0 Å². The van der Waals surface area contributed by atoms with E-state index in [1.54, 1.807) is 43.2 Å². The zero-order valence-corrected chi connectivity index (χ0v) is 13.1. The van der Waals surface area contributed by atoms with Crippen LogP contribution in [0.1, 0.15) is 24.9 Å². The summed E-state index contributed by atoms with van der Waals surface area (Å²) in [5.74, 6) is 0.439. The van der Waals surface area contributed by atoms with Crippen LogP contribution in [0, 0.1) is 0 Å². The van der Waals surface area contributed by atoms with Crippen molar-refractivity contribution in [3.05, 3.63) is 60.9 Å². The van der Waals surface area contributed by atoms with Crippen molar-refractivity contribution in [1.82, 2.24) is 30.0 Å². The normalized spacial score (nSPS) is 11.7. The minimum atomic E-state index is -0.299. The third kappa shape index (κ3) is 3.72. The van der Waals surface area contributed by atoms with Gasteiger partial charge in [0.15, 0.2) is 0 Å². The first kappa shape index (κ1) is 15.6. The van der Waals surface area contributed by atoms with Gasteiger partial charge in [0.2, 0.25) is 5.95 Å². The van der Waals surface area contributed by atoms with Gasteiger partial charge in [0, 0.05) is 24.8 Å². The first-order valence-electron chi connectivity index (χ1n) is 7.55. The van der Waals surface area contributed by atoms with E-state index in [4.69, 9.17) is 0 Å². The SMILES string of the molecule is CC[C@@H](NC(=O)Nc1cnn(-c2ncccn2)c1)c1ccncc1. The molecule has 0 aliphatic rings. The minimum absolute atomic E-state index is 0.0829. The van der Waals surface area contributed by atoms with Gasteiger partial charge in [0.05, 0.1) is 24.1 Å². The zero-order chi connectivity index (χ0) is 16.8. The largest absolute Gasteiger partial charge is 0.331 e. The Morgan fingerprint density at radius 1 is 1.21 bits per heavy atom. The predicted molar refractivity (Wildman–Crippen MR) is 88.6 cm³/mol. The number of nitrogens with one attached hydrogen (secondary N) is 2. The molecule has 8 nitrogen and oxygen atoms in total. The van der Waals surface area contributed by atoms with Crippen molar-refractivity contribution in [2.45, 2.75) is 19.4 Å². The molecule has 0 unspecified atom stereocenters. The molecule has 0 aromatic carbocycles. The number of pyridine rings is 1. The highest BCUT2D eigenvalue weighted by Crippen LogP contribution is 2.15. The molecule has 0 saturated carbocycles. The number of aromatic nitrogens is 5. The molecule has 1 atom stereocenters. The van der Waals surface area contributed by atoms with E-state index in [1.165, 1.54) is 4.68 Å². The molecule has 0 fully saturated rings. The number of hydrogen-bond donors (Lipinski definition) is 2. The standard InChI is InChI=1S/C16H17N7O/c1-2-14(12-4-8-17-9-5-12)22-16(24)21-13-10-20-23(11-13)15-18-6-3-7-19-15/h3-11,14H,2H2,1H3,(H2,21,22,24)/t14-/m1/s1. The van der Waals surface area contributed by atoms with Crippen LogP contribution in [0.15, 0.2) is 55.4 Å². The Kier molecular flexibility index (Phi) is 4.76. The second kappa shape index (κ2) is 7.32. The van der Waals surface area contributed by atoms with Crippen molar-refractivity contribution in [3.8, 4) is 5.95 Å². The number of carbonyl (C=O) groups is 1. The predicted octanol–water partition coefficient (Wildman–Crippen LogP) is 2.33. The van der Waals surface area contributed by atoms with Crippen LogP contribution in [0.4, 0.5) is 10.5 Å². The average Bonchev–Trinajstić information content (AvgIpc) is 3.09. The third-order valence-electron chi connectivity index (χ3n) is 3.42. The smallest absolute Gasteiger partial charge is 0.319 e. The summed E-state index contributed by atoms with van der Waals surface area (Å²) in [4.78, 5) is 24.4. The lowest BCUT2D eigenvalue weighted by Crippen LogP contribution is -2.32. The molecule has 3 aromatic heterocycles. The Morgan fingerprint density at radius 3 is 2.67 bits per heavy atom. The first-order chi connectivity index (χ1) is 11.8. The van der Waals surface area contributed by atoms with Crippen molar-refractivity contribution >= 4 is 11.7 Å². The van der Waals surface area contributed by atoms with E-state index in [2.05, 4.69) is 30.7 Å². The van der Waals surface area contributed by atoms with Gasteiger partial charge >= 0.3 is 6.03 Å². The molecule has 8 heteroatoms. The molecule has 0 bridgehead atoms. The monoisotopic (exact) mass is 323 g/mol. The van der Waals surface area contributed by atoms with Gasteiger partial charge in [0.1, 0.15) is 0 Å². The van der Waals surface area contributed by atoms with E-state index in [-0.39, 0.29) is 12.1 Å². The fourth-order valence-electron chi connectivity index (χ4n) is 2.25. The Labute approximate surface area is 139 Å². The molecule has 2 N–H and O–H groups in total. The third-order valence-corrected chi connectivity index (χ3v) is 3.42. The summed E-state index contributed by atoms with van der Waals surface area (Å²) in [7, 11) is 0. The van der Waals surface area contributed by atoms with Gasteiger partial charge in [-0.05, 0) is 30.2 Å². The lowest BCUT2D eigenvalue weighted by molar-refractivity contribution is 0.248. The molecule has 0 saturated heterocycles. The molecule has 3 heterocycles. The molecule has 0 aliphatic carbocycles. The molecule has 122 valence electrons. The van der Waals surface area contributed by atoms with Gasteiger partial charge in [-0.15, -0.1) is 0 Å². The molecule has 3 rings (SSSR count). The summed E-state index contributed by atoms with van der Waals surface area (Å²) in [5.41, 5.74) is 1.57. The quantitative estimate of drug-likeness (QED) is 0.751. The summed E-state index contributed by atoms with van der Waals surface area (Å²) >= 11 is 0. The van der Waals surface area contributed by atoms with E-state index >= 15 is 0 Å². The Balaban J connectivity index is 1.64. The fourth-order valence-corrected chi connectivity index (χ4v) is 2.25. The van der Waals surface area contributed by atoms with Crippen molar-refractivity contribution in [3.63, 3.8) is 0 Å². The highest BCUT2D eigenvalue weighted by atomic mass is 16.2. The number of nitrogens with zero attached hydrogens (tertiary/aromatic N) is 5. The molecular weight excluding hydrogens is 306 g/mol. The highest BCUT2D eigenvalue weighted by Gasteiger charge is 2.13. The molecule has 24 heavy (non-hydrogen) atoms. The molecule has 0 aliphatic heterocycles.